The molecule has 0 bridgehead atoms. The van der Waals surface area contributed by atoms with Crippen molar-refractivity contribution in [3.63, 3.8) is 0 Å². The number of hydrogen-bond donors (Lipinski definition) is 1. The fourth-order valence-corrected chi connectivity index (χ4v) is 2.09. The Bertz CT molecular complexity index is 424. The van der Waals surface area contributed by atoms with Gasteiger partial charge in [-0.15, -0.1) is 11.3 Å². The Hall–Kier alpha value is -1.33. The molecular formula is C11H15N3OS. The second-order valence-electron chi connectivity index (χ2n) is 3.58. The Morgan fingerprint density at radius 2 is 2.44 bits per heavy atom. The molecule has 0 saturated heterocycles. The molecule has 0 radical (unpaired) electrons. The first kappa shape index (κ1) is 11.2. The molecule has 0 aliphatic rings. The first-order chi connectivity index (χ1) is 7.79. The minimum atomic E-state index is 0.419. The van der Waals surface area contributed by atoms with Crippen molar-refractivity contribution < 1.29 is 4.42 Å². The van der Waals surface area contributed by atoms with Gasteiger partial charge in [0.25, 0.3) is 6.01 Å². The summed E-state index contributed by atoms with van der Waals surface area (Å²) in [5, 5.41) is 2.09. The molecule has 5 heteroatoms. The van der Waals surface area contributed by atoms with Crippen LogP contribution in [0.3, 0.4) is 0 Å². The smallest absolute Gasteiger partial charge is 0.297 e. The molecule has 0 spiro atoms. The van der Waals surface area contributed by atoms with E-state index in [-0.39, 0.29) is 0 Å². The van der Waals surface area contributed by atoms with Crippen molar-refractivity contribution in [2.75, 3.05) is 18.5 Å². The van der Waals surface area contributed by atoms with E-state index in [1.807, 2.05) is 11.9 Å². The Kier molecular flexibility index (Phi) is 3.58. The molecular weight excluding hydrogens is 222 g/mol. The molecule has 0 amide bonds. The van der Waals surface area contributed by atoms with Crippen molar-refractivity contribution in [3.05, 3.63) is 34.3 Å². The minimum absolute atomic E-state index is 0.419. The van der Waals surface area contributed by atoms with Crippen LogP contribution in [0.4, 0.5) is 6.01 Å². The highest BCUT2D eigenvalue weighted by molar-refractivity contribution is 7.09. The molecule has 2 N–H and O–H groups in total. The fraction of sp³-hybridized carbons (Fsp3) is 0.364. The second-order valence-corrected chi connectivity index (χ2v) is 4.61. The van der Waals surface area contributed by atoms with E-state index in [0.29, 0.717) is 12.6 Å². The van der Waals surface area contributed by atoms with E-state index in [0.717, 1.165) is 18.7 Å². The van der Waals surface area contributed by atoms with Crippen molar-refractivity contribution in [2.24, 2.45) is 5.73 Å². The third kappa shape index (κ3) is 2.62. The summed E-state index contributed by atoms with van der Waals surface area (Å²) in [4.78, 5) is 7.64. The van der Waals surface area contributed by atoms with Gasteiger partial charge in [-0.1, -0.05) is 6.07 Å². The molecule has 2 aromatic rings. The van der Waals surface area contributed by atoms with Crippen LogP contribution in [0, 0.1) is 0 Å². The molecule has 0 aliphatic carbocycles. The van der Waals surface area contributed by atoms with Crippen LogP contribution >= 0.6 is 11.3 Å². The summed E-state index contributed by atoms with van der Waals surface area (Å²) in [5.74, 6) is 0. The van der Waals surface area contributed by atoms with Gasteiger partial charge in [-0.25, -0.2) is 0 Å². The normalized spacial score (nSPS) is 10.6. The van der Waals surface area contributed by atoms with Crippen molar-refractivity contribution in [1.29, 1.82) is 0 Å². The average molecular weight is 237 g/mol. The summed E-state index contributed by atoms with van der Waals surface area (Å²) in [6, 6.07) is 4.84. The van der Waals surface area contributed by atoms with Gasteiger partial charge in [-0.2, -0.15) is 4.98 Å². The molecule has 2 rings (SSSR count). The van der Waals surface area contributed by atoms with Crippen LogP contribution in [0.2, 0.25) is 0 Å². The van der Waals surface area contributed by atoms with Crippen molar-refractivity contribution in [1.82, 2.24) is 4.98 Å². The summed E-state index contributed by atoms with van der Waals surface area (Å²) in [6.45, 7) is 1.31. The number of likely N-dealkylation sites (N-methyl/N-ethyl adjacent to an activating group) is 1. The van der Waals surface area contributed by atoms with Gasteiger partial charge in [0.2, 0.25) is 0 Å². The predicted octanol–water partition coefficient (Wildman–Crippen LogP) is 1.87. The molecule has 0 atom stereocenters. The maximum atomic E-state index is 5.48. The van der Waals surface area contributed by atoms with Crippen LogP contribution < -0.4 is 10.6 Å². The number of thiophene rings is 1. The van der Waals surface area contributed by atoms with Crippen LogP contribution in [0.5, 0.6) is 0 Å². The second kappa shape index (κ2) is 5.14. The Balaban J connectivity index is 1.90. The highest BCUT2D eigenvalue weighted by Crippen LogP contribution is 2.14. The Labute approximate surface area is 98.7 Å². The standard InChI is InChI=1S/C11H15N3OS/c1-14(5-4-10-3-2-6-16-10)11-13-9(7-12)8-15-11/h2-3,6,8H,4-5,7,12H2,1H3. The lowest BCUT2D eigenvalue weighted by Gasteiger charge is -2.13. The van der Waals surface area contributed by atoms with Gasteiger partial charge >= 0.3 is 0 Å². The van der Waals surface area contributed by atoms with Gasteiger partial charge in [0.05, 0.1) is 5.69 Å². The molecule has 0 aliphatic heterocycles. The lowest BCUT2D eigenvalue weighted by atomic mass is 10.3. The zero-order chi connectivity index (χ0) is 11.4. The van der Waals surface area contributed by atoms with Crippen LogP contribution in [0.1, 0.15) is 10.6 Å². The first-order valence-corrected chi connectivity index (χ1v) is 6.05. The van der Waals surface area contributed by atoms with E-state index in [9.17, 15) is 0 Å². The third-order valence-electron chi connectivity index (χ3n) is 2.35. The molecule has 0 fully saturated rings. The van der Waals surface area contributed by atoms with E-state index in [1.54, 1.807) is 17.6 Å². The average Bonchev–Trinajstić information content (AvgIpc) is 2.96. The van der Waals surface area contributed by atoms with Gasteiger partial charge in [0.1, 0.15) is 6.26 Å². The molecule has 86 valence electrons. The van der Waals surface area contributed by atoms with Crippen LogP contribution in [-0.4, -0.2) is 18.6 Å². The van der Waals surface area contributed by atoms with Crippen LogP contribution in [0.25, 0.3) is 0 Å². The zero-order valence-corrected chi connectivity index (χ0v) is 10.0. The van der Waals surface area contributed by atoms with Gasteiger partial charge in [-0.3, -0.25) is 0 Å². The quantitative estimate of drug-likeness (QED) is 0.862. The molecule has 16 heavy (non-hydrogen) atoms. The van der Waals surface area contributed by atoms with E-state index < -0.39 is 0 Å². The fourth-order valence-electron chi connectivity index (χ4n) is 1.39. The van der Waals surface area contributed by atoms with Crippen molar-refractivity contribution >= 4 is 17.4 Å². The van der Waals surface area contributed by atoms with Crippen molar-refractivity contribution in [3.8, 4) is 0 Å². The van der Waals surface area contributed by atoms with Gasteiger partial charge in [0.15, 0.2) is 0 Å². The first-order valence-electron chi connectivity index (χ1n) is 5.17. The summed E-state index contributed by atoms with van der Waals surface area (Å²) < 4.78 is 5.33. The molecule has 0 unspecified atom stereocenters. The van der Waals surface area contributed by atoms with Gasteiger partial charge < -0.3 is 15.1 Å². The topological polar surface area (TPSA) is 55.3 Å². The molecule has 4 nitrogen and oxygen atoms in total. The number of rotatable bonds is 5. The summed E-state index contributed by atoms with van der Waals surface area (Å²) >= 11 is 1.77. The van der Waals surface area contributed by atoms with E-state index in [2.05, 4.69) is 22.5 Å². The number of oxazole rings is 1. The van der Waals surface area contributed by atoms with Gasteiger partial charge in [-0.05, 0) is 17.9 Å². The minimum Gasteiger partial charge on any atom is -0.432 e. The number of anilines is 1. The SMILES string of the molecule is CN(CCc1cccs1)c1nc(CN)co1. The van der Waals surface area contributed by atoms with Gasteiger partial charge in [0, 0.05) is 25.0 Å². The lowest BCUT2D eigenvalue weighted by molar-refractivity contribution is 0.544. The number of nitrogens with zero attached hydrogens (tertiary/aromatic N) is 2. The maximum Gasteiger partial charge on any atom is 0.297 e. The molecule has 0 aromatic carbocycles. The lowest BCUT2D eigenvalue weighted by Crippen LogP contribution is -2.20. The Morgan fingerprint density at radius 1 is 1.56 bits per heavy atom. The third-order valence-corrected chi connectivity index (χ3v) is 3.29. The molecule has 0 saturated carbocycles. The molecule has 2 aromatic heterocycles. The monoisotopic (exact) mass is 237 g/mol. The van der Waals surface area contributed by atoms with E-state index in [1.165, 1.54) is 4.88 Å². The zero-order valence-electron chi connectivity index (χ0n) is 9.22. The predicted molar refractivity (Wildman–Crippen MR) is 65.7 cm³/mol. The van der Waals surface area contributed by atoms with Crippen LogP contribution in [-0.2, 0) is 13.0 Å². The van der Waals surface area contributed by atoms with E-state index in [4.69, 9.17) is 10.2 Å². The number of aromatic nitrogens is 1. The summed E-state index contributed by atoms with van der Waals surface area (Å²) in [5.41, 5.74) is 6.26. The molecule has 2 heterocycles. The number of hydrogen-bond acceptors (Lipinski definition) is 5. The largest absolute Gasteiger partial charge is 0.432 e. The summed E-state index contributed by atoms with van der Waals surface area (Å²) in [7, 11) is 1.97. The maximum absolute atomic E-state index is 5.48. The summed E-state index contributed by atoms with van der Waals surface area (Å²) in [6.07, 6.45) is 2.62. The van der Waals surface area contributed by atoms with Crippen LogP contribution in [0.15, 0.2) is 28.2 Å². The highest BCUT2D eigenvalue weighted by atomic mass is 32.1. The van der Waals surface area contributed by atoms with Crippen molar-refractivity contribution in [2.45, 2.75) is 13.0 Å². The van der Waals surface area contributed by atoms with E-state index >= 15 is 0 Å². The number of nitrogens with two attached hydrogens (primary N) is 1. The highest BCUT2D eigenvalue weighted by Gasteiger charge is 2.08. The Morgan fingerprint density at radius 3 is 3.06 bits per heavy atom.